The predicted octanol–water partition coefficient (Wildman–Crippen LogP) is 3.27. The highest BCUT2D eigenvalue weighted by Crippen LogP contribution is 2.23. The number of rotatable bonds is 4. The molecule has 106 valence electrons. The third-order valence-corrected chi connectivity index (χ3v) is 4.37. The maximum atomic E-state index is 3.32. The lowest BCUT2D eigenvalue weighted by Gasteiger charge is -2.33. The van der Waals surface area contributed by atoms with Crippen LogP contribution in [0.2, 0.25) is 0 Å². The molecule has 0 aromatic heterocycles. The van der Waals surface area contributed by atoms with Gasteiger partial charge in [-0.15, -0.1) is 0 Å². The van der Waals surface area contributed by atoms with Crippen LogP contribution in [0.4, 0.5) is 0 Å². The third-order valence-electron chi connectivity index (χ3n) is 4.37. The first-order chi connectivity index (χ1) is 9.86. The first-order valence-corrected chi connectivity index (χ1v) is 7.70. The van der Waals surface area contributed by atoms with Crippen LogP contribution in [0.1, 0.15) is 18.4 Å². The Kier molecular flexibility index (Phi) is 4.34. The number of hydrogen-bond donors (Lipinski definition) is 1. The second-order valence-corrected chi connectivity index (χ2v) is 5.94. The zero-order valence-corrected chi connectivity index (χ0v) is 12.3. The fraction of sp³-hybridized carbons (Fsp3) is 0.444. The van der Waals surface area contributed by atoms with Crippen LogP contribution in [0, 0.1) is 5.92 Å². The number of nitrogens with one attached hydrogen (secondary N) is 1. The lowest BCUT2D eigenvalue weighted by Crippen LogP contribution is -2.38. The molecule has 20 heavy (non-hydrogen) atoms. The molecule has 1 N–H and O–H groups in total. The summed E-state index contributed by atoms with van der Waals surface area (Å²) in [5, 5.41) is 6.09. The van der Waals surface area contributed by atoms with E-state index >= 15 is 0 Å². The molecule has 0 amide bonds. The number of benzene rings is 2. The van der Waals surface area contributed by atoms with E-state index < -0.39 is 0 Å². The Morgan fingerprint density at radius 1 is 1.15 bits per heavy atom. The number of nitrogens with zero attached hydrogens (tertiary/aromatic N) is 1. The van der Waals surface area contributed by atoms with Crippen LogP contribution in [0.25, 0.3) is 10.8 Å². The van der Waals surface area contributed by atoms with Crippen LogP contribution in [0.5, 0.6) is 0 Å². The molecule has 2 aromatic carbocycles. The molecule has 1 heterocycles. The molecule has 2 aromatic rings. The van der Waals surface area contributed by atoms with Crippen LogP contribution in [-0.4, -0.2) is 31.6 Å². The molecule has 1 unspecified atom stereocenters. The van der Waals surface area contributed by atoms with E-state index in [4.69, 9.17) is 0 Å². The lowest BCUT2D eigenvalue weighted by atomic mass is 9.97. The first kappa shape index (κ1) is 13.6. The van der Waals surface area contributed by atoms with Crippen molar-refractivity contribution in [3.63, 3.8) is 0 Å². The normalized spacial score (nSPS) is 20.4. The van der Waals surface area contributed by atoms with Gasteiger partial charge in [0.25, 0.3) is 0 Å². The van der Waals surface area contributed by atoms with Crippen molar-refractivity contribution in [1.82, 2.24) is 10.2 Å². The minimum Gasteiger partial charge on any atom is -0.319 e. The zero-order chi connectivity index (χ0) is 13.8. The molecule has 1 fully saturated rings. The lowest BCUT2D eigenvalue weighted by molar-refractivity contribution is 0.167. The van der Waals surface area contributed by atoms with E-state index in [1.54, 1.807) is 0 Å². The van der Waals surface area contributed by atoms with Crippen LogP contribution in [0.3, 0.4) is 0 Å². The van der Waals surface area contributed by atoms with Crippen molar-refractivity contribution in [3.8, 4) is 0 Å². The molecular weight excluding hydrogens is 244 g/mol. The molecule has 1 aliphatic heterocycles. The largest absolute Gasteiger partial charge is 0.319 e. The van der Waals surface area contributed by atoms with Crippen molar-refractivity contribution >= 4 is 10.8 Å². The molecule has 0 saturated carbocycles. The Balaban J connectivity index is 1.76. The summed E-state index contributed by atoms with van der Waals surface area (Å²) in [4.78, 5) is 2.62. The van der Waals surface area contributed by atoms with Crippen molar-refractivity contribution in [1.29, 1.82) is 0 Å². The summed E-state index contributed by atoms with van der Waals surface area (Å²) >= 11 is 0. The monoisotopic (exact) mass is 268 g/mol. The van der Waals surface area contributed by atoms with Gasteiger partial charge in [-0.05, 0) is 55.2 Å². The quantitative estimate of drug-likeness (QED) is 0.915. The Morgan fingerprint density at radius 2 is 2.00 bits per heavy atom. The summed E-state index contributed by atoms with van der Waals surface area (Å²) in [6.45, 7) is 4.70. The average Bonchev–Trinajstić information content (AvgIpc) is 2.48. The van der Waals surface area contributed by atoms with Crippen molar-refractivity contribution in [2.75, 3.05) is 26.7 Å². The van der Waals surface area contributed by atoms with E-state index in [1.165, 1.54) is 42.3 Å². The fourth-order valence-corrected chi connectivity index (χ4v) is 3.42. The molecule has 2 heteroatoms. The Labute approximate surface area is 121 Å². The minimum atomic E-state index is 0.809. The van der Waals surface area contributed by atoms with Gasteiger partial charge in [-0.3, -0.25) is 4.90 Å². The maximum absolute atomic E-state index is 3.32. The average molecular weight is 268 g/mol. The summed E-state index contributed by atoms with van der Waals surface area (Å²) < 4.78 is 0. The molecule has 0 aliphatic carbocycles. The first-order valence-electron chi connectivity index (χ1n) is 7.70. The summed E-state index contributed by atoms with van der Waals surface area (Å²) in [7, 11) is 2.06. The Bertz CT molecular complexity index is 557. The number of piperidine rings is 1. The van der Waals surface area contributed by atoms with E-state index in [2.05, 4.69) is 59.7 Å². The Morgan fingerprint density at radius 3 is 2.90 bits per heavy atom. The van der Waals surface area contributed by atoms with Crippen molar-refractivity contribution < 1.29 is 0 Å². The number of fused-ring (bicyclic) bond motifs is 1. The number of hydrogen-bond acceptors (Lipinski definition) is 2. The summed E-state index contributed by atoms with van der Waals surface area (Å²) in [5.41, 5.74) is 1.47. The van der Waals surface area contributed by atoms with Crippen LogP contribution >= 0.6 is 0 Å². The topological polar surface area (TPSA) is 15.3 Å². The molecule has 1 aliphatic rings. The van der Waals surface area contributed by atoms with Crippen LogP contribution in [-0.2, 0) is 6.54 Å². The second kappa shape index (κ2) is 6.38. The van der Waals surface area contributed by atoms with E-state index in [0.717, 1.165) is 19.0 Å². The van der Waals surface area contributed by atoms with Gasteiger partial charge in [-0.2, -0.15) is 0 Å². The van der Waals surface area contributed by atoms with Gasteiger partial charge in [0.1, 0.15) is 0 Å². The van der Waals surface area contributed by atoms with Gasteiger partial charge in [0, 0.05) is 13.1 Å². The van der Waals surface area contributed by atoms with Crippen molar-refractivity contribution in [3.05, 3.63) is 48.0 Å². The summed E-state index contributed by atoms with van der Waals surface area (Å²) in [6.07, 6.45) is 2.70. The third kappa shape index (κ3) is 3.02. The van der Waals surface area contributed by atoms with E-state index in [1.807, 2.05) is 0 Å². The van der Waals surface area contributed by atoms with Gasteiger partial charge in [0.2, 0.25) is 0 Å². The van der Waals surface area contributed by atoms with E-state index in [0.29, 0.717) is 0 Å². The fourth-order valence-electron chi connectivity index (χ4n) is 3.42. The molecule has 0 spiro atoms. The highest BCUT2D eigenvalue weighted by atomic mass is 15.1. The molecule has 0 bridgehead atoms. The van der Waals surface area contributed by atoms with Gasteiger partial charge in [0.05, 0.1) is 0 Å². The molecule has 0 radical (unpaired) electrons. The van der Waals surface area contributed by atoms with Crippen molar-refractivity contribution in [2.45, 2.75) is 19.4 Å². The predicted molar refractivity (Wildman–Crippen MR) is 85.9 cm³/mol. The molecule has 2 nitrogen and oxygen atoms in total. The molecule has 1 atom stereocenters. The van der Waals surface area contributed by atoms with E-state index in [-0.39, 0.29) is 0 Å². The minimum absolute atomic E-state index is 0.809. The van der Waals surface area contributed by atoms with Gasteiger partial charge >= 0.3 is 0 Å². The van der Waals surface area contributed by atoms with Gasteiger partial charge in [-0.1, -0.05) is 42.5 Å². The highest BCUT2D eigenvalue weighted by molar-refractivity contribution is 5.85. The molecule has 1 saturated heterocycles. The van der Waals surface area contributed by atoms with Gasteiger partial charge < -0.3 is 5.32 Å². The maximum Gasteiger partial charge on any atom is 0.0240 e. The summed E-state index contributed by atoms with van der Waals surface area (Å²) in [6, 6.07) is 15.4. The van der Waals surface area contributed by atoms with Gasteiger partial charge in [-0.25, -0.2) is 0 Å². The summed E-state index contributed by atoms with van der Waals surface area (Å²) in [5.74, 6) is 0.809. The van der Waals surface area contributed by atoms with Crippen LogP contribution in [0.15, 0.2) is 42.5 Å². The standard InChI is InChI=1S/C18H24N2/c1-19-12-15-6-5-11-20(13-15)14-17-9-4-8-16-7-2-3-10-18(16)17/h2-4,7-10,15,19H,5-6,11-14H2,1H3. The smallest absolute Gasteiger partial charge is 0.0240 e. The SMILES string of the molecule is CNCC1CCCN(Cc2cccc3ccccc23)C1. The number of likely N-dealkylation sites (tertiary alicyclic amines) is 1. The Hall–Kier alpha value is -1.38. The van der Waals surface area contributed by atoms with Gasteiger partial charge in [0.15, 0.2) is 0 Å². The molecule has 3 rings (SSSR count). The molecular formula is C18H24N2. The zero-order valence-electron chi connectivity index (χ0n) is 12.3. The van der Waals surface area contributed by atoms with E-state index in [9.17, 15) is 0 Å². The highest BCUT2D eigenvalue weighted by Gasteiger charge is 2.19. The van der Waals surface area contributed by atoms with Crippen molar-refractivity contribution in [2.24, 2.45) is 5.92 Å². The van der Waals surface area contributed by atoms with Crippen LogP contribution < -0.4 is 5.32 Å². The second-order valence-electron chi connectivity index (χ2n) is 5.94.